The average molecular weight is 579 g/mol. The Balaban J connectivity index is 0.000000180. The summed E-state index contributed by atoms with van der Waals surface area (Å²) in [4.78, 5) is -0.209. The molecule has 5 aromatic carbocycles. The minimum absolute atomic E-state index is 0.0287. The molecule has 0 atom stereocenters. The fraction of sp³-hybridized carbons (Fsp3) is 0. The molecule has 0 heterocycles. The summed E-state index contributed by atoms with van der Waals surface area (Å²) in [5.74, 6) is 0. The van der Waals surface area contributed by atoms with Crippen molar-refractivity contribution in [2.45, 2.75) is 4.90 Å². The minimum Gasteiger partial charge on any atom is -0.744 e. The van der Waals surface area contributed by atoms with E-state index in [-0.39, 0.29) is 26.1 Å². The third kappa shape index (κ3) is 6.44. The minimum atomic E-state index is -4.53. The first kappa shape index (κ1) is 23.9. The van der Waals surface area contributed by atoms with E-state index in [1.807, 2.05) is 36.4 Å². The molecule has 0 radical (unpaired) electrons. The molecule has 0 fully saturated rings. The third-order valence-electron chi connectivity index (χ3n) is 4.87. The molecule has 0 aromatic heterocycles. The van der Waals surface area contributed by atoms with Crippen LogP contribution in [0.5, 0.6) is 0 Å². The van der Waals surface area contributed by atoms with E-state index in [0.29, 0.717) is 16.5 Å². The largest absolute Gasteiger partial charge is 0.744 e. The zero-order valence-corrected chi connectivity index (χ0v) is 21.1. The van der Waals surface area contributed by atoms with E-state index in [1.165, 1.54) is 13.2 Å². The highest BCUT2D eigenvalue weighted by molar-refractivity contribution is 7.86. The van der Waals surface area contributed by atoms with Crippen LogP contribution in [0, 0.1) is 7.14 Å². The number of hydrogen-bond acceptors (Lipinski definition) is 4. The van der Waals surface area contributed by atoms with E-state index in [1.54, 1.807) is 24.3 Å². The van der Waals surface area contributed by atoms with Crippen LogP contribution in [-0.4, -0.2) is 13.0 Å². The summed E-state index contributed by atoms with van der Waals surface area (Å²) in [5, 5.41) is 4.27. The van der Waals surface area contributed by atoms with Crippen LogP contribution >= 0.6 is 0 Å². The quantitative estimate of drug-likeness (QED) is 0.257. The summed E-state index contributed by atoms with van der Waals surface area (Å²) >= 11 is 0.0287. The normalized spacial score (nSPS) is 10.9. The smallest absolute Gasteiger partial charge is 0.357 e. The van der Waals surface area contributed by atoms with E-state index in [4.69, 9.17) is 0 Å². The van der Waals surface area contributed by atoms with Gasteiger partial charge in [0, 0.05) is 16.8 Å². The van der Waals surface area contributed by atoms with Crippen LogP contribution in [-0.2, 0) is 10.1 Å². The fourth-order valence-electron chi connectivity index (χ4n) is 3.38. The maximum Gasteiger partial charge on any atom is 0.357 e. The molecular weight excluding hydrogens is 557 g/mol. The van der Waals surface area contributed by atoms with Crippen LogP contribution in [0.2, 0.25) is 0 Å². The molecule has 0 unspecified atom stereocenters. The predicted molar refractivity (Wildman–Crippen MR) is 132 cm³/mol. The standard InChI is InChI=1S/C16H13NO3S.C12H10I/c18-21(19,20)15-11-5-7-12-6-4-10-14(16(12)15)17-13-8-2-1-3-9-13;1-3-7-11(8-4-1)13-12-9-5-2-6-10-12/h1-11,17H,(H,18,19,20);1-10H/q;+1/p-1. The van der Waals surface area contributed by atoms with E-state index in [0.717, 1.165) is 5.69 Å². The van der Waals surface area contributed by atoms with E-state index in [2.05, 4.69) is 66.0 Å². The summed E-state index contributed by atoms with van der Waals surface area (Å²) < 4.78 is 37.4. The molecule has 0 amide bonds. The zero-order valence-electron chi connectivity index (χ0n) is 18.1. The molecule has 5 aromatic rings. The zero-order chi connectivity index (χ0) is 23.8. The maximum atomic E-state index is 11.5. The van der Waals surface area contributed by atoms with Gasteiger partial charge in [-0.05, 0) is 53.9 Å². The van der Waals surface area contributed by atoms with E-state index >= 15 is 0 Å². The van der Waals surface area contributed by atoms with Crippen molar-refractivity contribution in [3.63, 3.8) is 0 Å². The van der Waals surface area contributed by atoms with Crippen molar-refractivity contribution in [3.8, 4) is 0 Å². The number of rotatable bonds is 5. The lowest BCUT2D eigenvalue weighted by Gasteiger charge is -2.15. The molecular formula is C28H22INO3S. The Morgan fingerprint density at radius 2 is 1.09 bits per heavy atom. The summed E-state index contributed by atoms with van der Waals surface area (Å²) in [6.07, 6.45) is 0. The third-order valence-corrected chi connectivity index (χ3v) is 8.44. The van der Waals surface area contributed by atoms with Crippen molar-refractivity contribution in [2.24, 2.45) is 0 Å². The molecule has 1 N–H and O–H groups in total. The van der Waals surface area contributed by atoms with Gasteiger partial charge in [-0.1, -0.05) is 78.9 Å². The number of benzene rings is 5. The molecule has 34 heavy (non-hydrogen) atoms. The summed E-state index contributed by atoms with van der Waals surface area (Å²) in [6.45, 7) is 0. The van der Waals surface area contributed by atoms with Crippen LogP contribution in [0.4, 0.5) is 11.4 Å². The second-order valence-corrected chi connectivity index (χ2v) is 11.7. The number of para-hydroxylation sites is 1. The number of fused-ring (bicyclic) bond motifs is 1. The van der Waals surface area contributed by atoms with Crippen molar-refractivity contribution >= 4 is 32.3 Å². The van der Waals surface area contributed by atoms with Gasteiger partial charge in [0.05, 0.1) is 4.90 Å². The Bertz CT molecular complexity index is 1420. The number of anilines is 2. The number of halogens is 1. The molecule has 0 bridgehead atoms. The Hall–Kier alpha value is -3.20. The highest BCUT2D eigenvalue weighted by Crippen LogP contribution is 2.31. The molecule has 0 aliphatic heterocycles. The van der Waals surface area contributed by atoms with Gasteiger partial charge < -0.3 is 9.87 Å². The molecule has 0 aliphatic rings. The Labute approximate surface area is 210 Å². The first-order chi connectivity index (χ1) is 16.5. The molecule has 0 spiro atoms. The average Bonchev–Trinajstić information content (AvgIpc) is 2.86. The van der Waals surface area contributed by atoms with Crippen molar-refractivity contribution < 1.29 is 34.2 Å². The van der Waals surface area contributed by atoms with Crippen LogP contribution in [0.25, 0.3) is 10.8 Å². The number of nitrogens with one attached hydrogen (secondary N) is 1. The summed E-state index contributed by atoms with van der Waals surface area (Å²) in [7, 11) is -4.53. The van der Waals surface area contributed by atoms with E-state index < -0.39 is 10.1 Å². The van der Waals surface area contributed by atoms with Gasteiger partial charge in [0.2, 0.25) is 0 Å². The Morgan fingerprint density at radius 3 is 1.62 bits per heavy atom. The Kier molecular flexibility index (Phi) is 7.95. The van der Waals surface area contributed by atoms with Crippen molar-refractivity contribution in [1.29, 1.82) is 0 Å². The first-order valence-electron chi connectivity index (χ1n) is 10.6. The highest BCUT2D eigenvalue weighted by Gasteiger charge is 2.13. The summed E-state index contributed by atoms with van der Waals surface area (Å²) in [5.41, 5.74) is 1.41. The van der Waals surface area contributed by atoms with E-state index in [9.17, 15) is 13.0 Å². The van der Waals surface area contributed by atoms with Gasteiger partial charge in [-0.15, -0.1) is 0 Å². The van der Waals surface area contributed by atoms with Gasteiger partial charge in [0.25, 0.3) is 0 Å². The molecule has 5 rings (SSSR count). The fourth-order valence-corrected chi connectivity index (χ4v) is 6.37. The van der Waals surface area contributed by atoms with Gasteiger partial charge in [-0.25, -0.2) is 8.42 Å². The molecule has 0 aliphatic carbocycles. The number of hydrogen-bond donors (Lipinski definition) is 1. The lowest BCUT2D eigenvalue weighted by molar-refractivity contribution is -0.597. The van der Waals surface area contributed by atoms with Crippen molar-refractivity contribution in [2.75, 3.05) is 5.32 Å². The van der Waals surface area contributed by atoms with Gasteiger partial charge in [0.15, 0.2) is 7.14 Å². The predicted octanol–water partition coefficient (Wildman–Crippen LogP) is 3.30. The van der Waals surface area contributed by atoms with Gasteiger partial charge >= 0.3 is 21.2 Å². The summed E-state index contributed by atoms with van der Waals surface area (Å²) in [6, 6.07) is 40.8. The monoisotopic (exact) mass is 579 g/mol. The van der Waals surface area contributed by atoms with Crippen molar-refractivity contribution in [3.05, 3.63) is 135 Å². The highest BCUT2D eigenvalue weighted by atomic mass is 127. The topological polar surface area (TPSA) is 69.2 Å². The first-order valence-corrected chi connectivity index (χ1v) is 14.1. The molecule has 4 nitrogen and oxygen atoms in total. The lowest BCUT2D eigenvalue weighted by atomic mass is 10.1. The molecule has 6 heteroatoms. The van der Waals surface area contributed by atoms with Gasteiger partial charge in [0.1, 0.15) is 10.1 Å². The second kappa shape index (κ2) is 11.3. The molecule has 0 saturated heterocycles. The second-order valence-electron chi connectivity index (χ2n) is 7.29. The molecule has 170 valence electrons. The SMILES string of the molecule is O=S(=O)([O-])c1cccc2cccc(Nc3ccccc3)c12.c1ccc([I+]c2ccccc2)cc1. The lowest BCUT2D eigenvalue weighted by Crippen LogP contribution is -3.61. The van der Waals surface area contributed by atoms with Gasteiger partial charge in [-0.2, -0.15) is 0 Å². The Morgan fingerprint density at radius 1 is 0.588 bits per heavy atom. The van der Waals surface area contributed by atoms with Crippen LogP contribution in [0.15, 0.2) is 132 Å². The van der Waals surface area contributed by atoms with Gasteiger partial charge in [-0.3, -0.25) is 0 Å². The van der Waals surface area contributed by atoms with Crippen LogP contribution < -0.4 is 26.5 Å². The van der Waals surface area contributed by atoms with Crippen LogP contribution in [0.1, 0.15) is 0 Å². The molecule has 0 saturated carbocycles. The maximum absolute atomic E-state index is 11.5. The van der Waals surface area contributed by atoms with Crippen LogP contribution in [0.3, 0.4) is 0 Å². The van der Waals surface area contributed by atoms with Crippen molar-refractivity contribution in [1.82, 2.24) is 0 Å².